The van der Waals surface area contributed by atoms with Gasteiger partial charge in [-0.3, -0.25) is 4.79 Å². The predicted molar refractivity (Wildman–Crippen MR) is 85.7 cm³/mol. The lowest BCUT2D eigenvalue weighted by atomic mass is 9.96. The zero-order chi connectivity index (χ0) is 14.2. The Morgan fingerprint density at radius 3 is 2.40 bits per heavy atom. The highest BCUT2D eigenvalue weighted by atomic mass is 32.1. The summed E-state index contributed by atoms with van der Waals surface area (Å²) in [4.78, 5) is 14.0. The quantitative estimate of drug-likeness (QED) is 0.781. The molecule has 0 aromatic carbocycles. The molecule has 5 heteroatoms. The fraction of sp³-hybridized carbons (Fsp3) is 0.867. The van der Waals surface area contributed by atoms with Gasteiger partial charge in [0.05, 0.1) is 0 Å². The third kappa shape index (κ3) is 5.27. The molecule has 0 aromatic heterocycles. The van der Waals surface area contributed by atoms with E-state index in [1.165, 1.54) is 38.5 Å². The number of rotatable bonds is 4. The first-order chi connectivity index (χ1) is 9.75. The summed E-state index contributed by atoms with van der Waals surface area (Å²) < 4.78 is 0. The van der Waals surface area contributed by atoms with E-state index in [1.807, 2.05) is 4.90 Å². The number of hydrogen-bond acceptors (Lipinski definition) is 2. The zero-order valence-corrected chi connectivity index (χ0v) is 13.1. The average molecular weight is 297 g/mol. The van der Waals surface area contributed by atoms with E-state index in [0.29, 0.717) is 24.1 Å². The maximum Gasteiger partial charge on any atom is 0.224 e. The number of nitrogens with one attached hydrogen (secondary N) is 2. The highest BCUT2D eigenvalue weighted by Crippen LogP contribution is 2.17. The second-order valence-electron chi connectivity index (χ2n) is 5.93. The van der Waals surface area contributed by atoms with Gasteiger partial charge in [-0.2, -0.15) is 0 Å². The minimum Gasteiger partial charge on any atom is -0.362 e. The van der Waals surface area contributed by atoms with Crippen molar-refractivity contribution >= 4 is 23.2 Å². The van der Waals surface area contributed by atoms with Crippen molar-refractivity contribution in [3.8, 4) is 0 Å². The maximum absolute atomic E-state index is 12.0. The highest BCUT2D eigenvalue weighted by molar-refractivity contribution is 7.80. The van der Waals surface area contributed by atoms with Crippen LogP contribution in [0.4, 0.5) is 0 Å². The molecule has 2 N–H and O–H groups in total. The van der Waals surface area contributed by atoms with Crippen molar-refractivity contribution in [3.63, 3.8) is 0 Å². The van der Waals surface area contributed by atoms with Crippen LogP contribution in [-0.2, 0) is 4.79 Å². The fourth-order valence-electron chi connectivity index (χ4n) is 3.07. The number of nitrogens with zero attached hydrogens (tertiary/aromatic N) is 1. The van der Waals surface area contributed by atoms with E-state index in [9.17, 15) is 4.79 Å². The Bertz CT molecular complexity index is 323. The van der Waals surface area contributed by atoms with Crippen molar-refractivity contribution in [2.75, 3.05) is 19.6 Å². The Kier molecular flexibility index (Phi) is 6.57. The molecule has 2 fully saturated rings. The molecule has 0 spiro atoms. The van der Waals surface area contributed by atoms with Crippen molar-refractivity contribution in [2.24, 2.45) is 0 Å². The van der Waals surface area contributed by atoms with Crippen molar-refractivity contribution < 1.29 is 4.79 Å². The molecule has 0 aromatic rings. The lowest BCUT2D eigenvalue weighted by Crippen LogP contribution is -2.44. The number of thiocarbonyl (C=S) groups is 1. The van der Waals surface area contributed by atoms with Crippen molar-refractivity contribution in [1.82, 2.24) is 15.5 Å². The highest BCUT2D eigenvalue weighted by Gasteiger charge is 2.16. The second kappa shape index (κ2) is 8.45. The van der Waals surface area contributed by atoms with Crippen LogP contribution in [-0.4, -0.2) is 41.6 Å². The topological polar surface area (TPSA) is 44.4 Å². The minimum absolute atomic E-state index is 0.262. The number of carbonyl (C=O) groups excluding carboxylic acids is 1. The van der Waals surface area contributed by atoms with Gasteiger partial charge < -0.3 is 15.5 Å². The molecule has 1 heterocycles. The lowest BCUT2D eigenvalue weighted by Gasteiger charge is -2.27. The molecule has 2 aliphatic rings. The van der Waals surface area contributed by atoms with Gasteiger partial charge in [0.1, 0.15) is 0 Å². The van der Waals surface area contributed by atoms with Crippen molar-refractivity contribution in [2.45, 2.75) is 63.8 Å². The summed E-state index contributed by atoms with van der Waals surface area (Å²) in [6.07, 6.45) is 10.5. The second-order valence-corrected chi connectivity index (χ2v) is 6.33. The van der Waals surface area contributed by atoms with Gasteiger partial charge in [0.25, 0.3) is 0 Å². The number of piperidine rings is 1. The van der Waals surface area contributed by atoms with Gasteiger partial charge in [-0.05, 0) is 44.3 Å². The van der Waals surface area contributed by atoms with Gasteiger partial charge in [0.2, 0.25) is 5.91 Å². The zero-order valence-electron chi connectivity index (χ0n) is 12.3. The fourth-order valence-corrected chi connectivity index (χ4v) is 3.34. The molecule has 1 aliphatic carbocycles. The molecule has 0 radical (unpaired) electrons. The molecule has 2 rings (SSSR count). The van der Waals surface area contributed by atoms with E-state index in [-0.39, 0.29) is 5.91 Å². The molecule has 0 atom stereocenters. The smallest absolute Gasteiger partial charge is 0.224 e. The largest absolute Gasteiger partial charge is 0.362 e. The van der Waals surface area contributed by atoms with E-state index < -0.39 is 0 Å². The van der Waals surface area contributed by atoms with Gasteiger partial charge in [-0.25, -0.2) is 0 Å². The van der Waals surface area contributed by atoms with Crippen molar-refractivity contribution in [3.05, 3.63) is 0 Å². The van der Waals surface area contributed by atoms with Gasteiger partial charge in [0.15, 0.2) is 5.11 Å². The van der Waals surface area contributed by atoms with E-state index in [4.69, 9.17) is 12.2 Å². The first-order valence-electron chi connectivity index (χ1n) is 8.08. The lowest BCUT2D eigenvalue weighted by molar-refractivity contribution is -0.131. The number of hydrogen-bond donors (Lipinski definition) is 2. The maximum atomic E-state index is 12.0. The summed E-state index contributed by atoms with van der Waals surface area (Å²) in [7, 11) is 0. The van der Waals surface area contributed by atoms with Crippen LogP contribution >= 0.6 is 12.2 Å². The molecule has 1 aliphatic heterocycles. The molecular formula is C15H27N3OS. The van der Waals surface area contributed by atoms with E-state index >= 15 is 0 Å². The SMILES string of the molecule is O=C(CCNC(=S)NC1CCCCC1)N1CCCCC1. The van der Waals surface area contributed by atoms with Crippen LogP contribution in [0.15, 0.2) is 0 Å². The summed E-state index contributed by atoms with van der Waals surface area (Å²) in [6, 6.07) is 0.529. The van der Waals surface area contributed by atoms with Gasteiger partial charge >= 0.3 is 0 Å². The first kappa shape index (κ1) is 15.5. The Morgan fingerprint density at radius 1 is 1.05 bits per heavy atom. The number of likely N-dealkylation sites (tertiary alicyclic amines) is 1. The first-order valence-corrected chi connectivity index (χ1v) is 8.48. The Morgan fingerprint density at radius 2 is 1.70 bits per heavy atom. The summed E-state index contributed by atoms with van der Waals surface area (Å²) in [5, 5.41) is 7.25. The molecule has 1 saturated heterocycles. The normalized spacial score (nSPS) is 20.5. The Hall–Kier alpha value is -0.840. The van der Waals surface area contributed by atoms with Crippen LogP contribution < -0.4 is 10.6 Å². The van der Waals surface area contributed by atoms with Crippen LogP contribution in [0, 0.1) is 0 Å². The molecule has 1 amide bonds. The molecule has 20 heavy (non-hydrogen) atoms. The Balaban J connectivity index is 1.57. The van der Waals surface area contributed by atoms with Crippen molar-refractivity contribution in [1.29, 1.82) is 0 Å². The number of carbonyl (C=O) groups is 1. The molecule has 4 nitrogen and oxygen atoms in total. The van der Waals surface area contributed by atoms with E-state index in [1.54, 1.807) is 0 Å². The molecule has 1 saturated carbocycles. The monoisotopic (exact) mass is 297 g/mol. The predicted octanol–water partition coefficient (Wildman–Crippen LogP) is 2.19. The van der Waals surface area contributed by atoms with Gasteiger partial charge in [-0.15, -0.1) is 0 Å². The third-order valence-electron chi connectivity index (χ3n) is 4.27. The molecular weight excluding hydrogens is 270 g/mol. The third-order valence-corrected chi connectivity index (χ3v) is 4.54. The van der Waals surface area contributed by atoms with E-state index in [2.05, 4.69) is 10.6 Å². The standard InChI is InChI=1S/C15H27N3OS/c19-14(18-11-5-2-6-12-18)9-10-16-15(20)17-13-7-3-1-4-8-13/h13H,1-12H2,(H2,16,17,20). The average Bonchev–Trinajstić information content (AvgIpc) is 2.49. The molecule has 0 unspecified atom stereocenters. The van der Waals surface area contributed by atoms with E-state index in [0.717, 1.165) is 25.9 Å². The minimum atomic E-state index is 0.262. The van der Waals surface area contributed by atoms with Gasteiger partial charge in [0, 0.05) is 32.1 Å². The summed E-state index contributed by atoms with van der Waals surface area (Å²) in [5.41, 5.74) is 0. The van der Waals surface area contributed by atoms with Crippen LogP contribution in [0.1, 0.15) is 57.8 Å². The summed E-state index contributed by atoms with van der Waals surface area (Å²) in [6.45, 7) is 2.51. The molecule has 114 valence electrons. The van der Waals surface area contributed by atoms with Crippen LogP contribution in [0.2, 0.25) is 0 Å². The Labute approximate surface area is 127 Å². The number of amides is 1. The summed E-state index contributed by atoms with van der Waals surface area (Å²) >= 11 is 5.30. The van der Waals surface area contributed by atoms with Crippen LogP contribution in [0.5, 0.6) is 0 Å². The van der Waals surface area contributed by atoms with Crippen LogP contribution in [0.25, 0.3) is 0 Å². The van der Waals surface area contributed by atoms with Crippen LogP contribution in [0.3, 0.4) is 0 Å². The summed E-state index contributed by atoms with van der Waals surface area (Å²) in [5.74, 6) is 0.262. The molecule has 0 bridgehead atoms. The van der Waals surface area contributed by atoms with Gasteiger partial charge in [-0.1, -0.05) is 19.3 Å².